The number of carbonyl (C=O) groups excluding carboxylic acids is 2. The first-order chi connectivity index (χ1) is 16.7. The fourth-order valence-corrected chi connectivity index (χ4v) is 4.46. The van der Waals surface area contributed by atoms with Crippen LogP contribution >= 0.6 is 0 Å². The number of carbonyl (C=O) groups is 3. The van der Waals surface area contributed by atoms with E-state index in [1.807, 2.05) is 48.5 Å². The largest absolute Gasteiger partial charge is 0.478 e. The highest BCUT2D eigenvalue weighted by atomic mass is 19.4. The SMILES string of the molecule is O=C(NCC(C(=O)N1CC=C(C(=O)O)CC1)C(F)(F)F)OCC1c2ccccc2-c2ccccc21. The Balaban J connectivity index is 1.37. The first kappa shape index (κ1) is 24.3. The third kappa shape index (κ3) is 5.16. The highest BCUT2D eigenvalue weighted by molar-refractivity contribution is 5.88. The van der Waals surface area contributed by atoms with Crippen molar-refractivity contribution in [1.82, 2.24) is 10.2 Å². The molecule has 0 fully saturated rings. The first-order valence-corrected chi connectivity index (χ1v) is 11.0. The van der Waals surface area contributed by atoms with Crippen LogP contribution < -0.4 is 5.32 Å². The number of amides is 2. The van der Waals surface area contributed by atoms with E-state index in [2.05, 4.69) is 5.32 Å². The van der Waals surface area contributed by atoms with Gasteiger partial charge in [0.25, 0.3) is 0 Å². The summed E-state index contributed by atoms with van der Waals surface area (Å²) in [6.45, 7) is -1.43. The van der Waals surface area contributed by atoms with Crippen LogP contribution in [0.2, 0.25) is 0 Å². The zero-order valence-electron chi connectivity index (χ0n) is 18.5. The molecule has 1 heterocycles. The number of aliphatic carboxylic acids is 1. The van der Waals surface area contributed by atoms with E-state index in [1.54, 1.807) is 0 Å². The number of hydrogen-bond donors (Lipinski definition) is 2. The van der Waals surface area contributed by atoms with Gasteiger partial charge in [0.05, 0.1) is 0 Å². The molecule has 1 aliphatic heterocycles. The number of hydrogen-bond acceptors (Lipinski definition) is 4. The van der Waals surface area contributed by atoms with E-state index in [0.29, 0.717) is 0 Å². The van der Waals surface area contributed by atoms with Crippen LogP contribution in [-0.4, -0.2) is 60.4 Å². The zero-order chi connectivity index (χ0) is 25.2. The average molecular weight is 488 g/mol. The van der Waals surface area contributed by atoms with Crippen LogP contribution in [0, 0.1) is 5.92 Å². The molecule has 2 amide bonds. The van der Waals surface area contributed by atoms with Gasteiger partial charge in [-0.2, -0.15) is 13.2 Å². The molecule has 0 bridgehead atoms. The number of carboxylic acid groups (broad SMARTS) is 1. The molecule has 4 rings (SSSR count). The van der Waals surface area contributed by atoms with Gasteiger partial charge in [0.15, 0.2) is 5.92 Å². The van der Waals surface area contributed by atoms with Crippen molar-refractivity contribution in [3.63, 3.8) is 0 Å². The van der Waals surface area contributed by atoms with Crippen molar-refractivity contribution in [3.8, 4) is 11.1 Å². The smallest absolute Gasteiger partial charge is 0.407 e. The topological polar surface area (TPSA) is 95.9 Å². The summed E-state index contributed by atoms with van der Waals surface area (Å²) in [6.07, 6.45) is -4.79. The standard InChI is InChI=1S/C25H23F3N2O5/c26-25(27,28)21(22(31)30-11-9-15(10-12-30)23(32)33)13-29-24(34)35-14-20-18-7-3-1-5-16(18)17-6-2-4-8-19(17)20/h1-9,20-21H,10-14H2,(H,29,34)(H,32,33). The molecule has 0 radical (unpaired) electrons. The summed E-state index contributed by atoms with van der Waals surface area (Å²) in [5.74, 6) is -5.11. The minimum absolute atomic E-state index is 0.0501. The third-order valence-corrected chi connectivity index (χ3v) is 6.28. The lowest BCUT2D eigenvalue weighted by molar-refractivity contribution is -0.187. The summed E-state index contributed by atoms with van der Waals surface area (Å²) < 4.78 is 46.0. The van der Waals surface area contributed by atoms with E-state index < -0.39 is 36.6 Å². The number of fused-ring (bicyclic) bond motifs is 3. The van der Waals surface area contributed by atoms with Gasteiger partial charge in [-0.05, 0) is 28.7 Å². The van der Waals surface area contributed by atoms with Crippen LogP contribution in [0.15, 0.2) is 60.2 Å². The lowest BCUT2D eigenvalue weighted by atomic mass is 9.98. The van der Waals surface area contributed by atoms with Crippen molar-refractivity contribution in [2.24, 2.45) is 5.92 Å². The minimum Gasteiger partial charge on any atom is -0.478 e. The van der Waals surface area contributed by atoms with Crippen LogP contribution in [0.1, 0.15) is 23.5 Å². The Morgan fingerprint density at radius 3 is 2.17 bits per heavy atom. The lowest BCUT2D eigenvalue weighted by Crippen LogP contribution is -2.49. The highest BCUT2D eigenvalue weighted by Gasteiger charge is 2.47. The number of carboxylic acids is 1. The Labute approximate surface area is 199 Å². The fraction of sp³-hybridized carbons (Fsp3) is 0.320. The van der Waals surface area contributed by atoms with Crippen molar-refractivity contribution < 1.29 is 37.4 Å². The molecule has 184 valence electrons. The van der Waals surface area contributed by atoms with Gasteiger partial charge in [0.2, 0.25) is 5.91 Å². The Kier molecular flexibility index (Phi) is 6.81. The normalized spacial score (nSPS) is 16.1. The first-order valence-electron chi connectivity index (χ1n) is 11.0. The summed E-state index contributed by atoms with van der Waals surface area (Å²) in [6, 6.07) is 15.3. The molecule has 0 saturated carbocycles. The van der Waals surface area contributed by atoms with E-state index in [4.69, 9.17) is 9.84 Å². The molecule has 2 aliphatic rings. The number of benzene rings is 2. The molecule has 0 saturated heterocycles. The van der Waals surface area contributed by atoms with Crippen molar-refractivity contribution in [3.05, 3.63) is 71.3 Å². The van der Waals surface area contributed by atoms with Crippen LogP contribution in [-0.2, 0) is 14.3 Å². The van der Waals surface area contributed by atoms with Crippen molar-refractivity contribution >= 4 is 18.0 Å². The molecule has 2 N–H and O–H groups in total. The fourth-order valence-electron chi connectivity index (χ4n) is 4.46. The van der Waals surface area contributed by atoms with E-state index >= 15 is 0 Å². The molecular formula is C25H23F3N2O5. The highest BCUT2D eigenvalue weighted by Crippen LogP contribution is 2.44. The quantitative estimate of drug-likeness (QED) is 0.642. The van der Waals surface area contributed by atoms with E-state index in [-0.39, 0.29) is 37.6 Å². The maximum absolute atomic E-state index is 13.6. The molecule has 1 atom stereocenters. The summed E-state index contributed by atoms with van der Waals surface area (Å²) in [7, 11) is 0. The molecule has 0 aromatic heterocycles. The Bertz CT molecular complexity index is 1130. The molecule has 35 heavy (non-hydrogen) atoms. The van der Waals surface area contributed by atoms with Crippen LogP contribution in [0.3, 0.4) is 0 Å². The van der Waals surface area contributed by atoms with E-state index in [9.17, 15) is 27.6 Å². The Morgan fingerprint density at radius 2 is 1.66 bits per heavy atom. The summed E-state index contributed by atoms with van der Waals surface area (Å²) in [5, 5.41) is 11.0. The van der Waals surface area contributed by atoms with Crippen molar-refractivity contribution in [2.45, 2.75) is 18.5 Å². The molecule has 0 spiro atoms. The van der Waals surface area contributed by atoms with Gasteiger partial charge in [-0.1, -0.05) is 54.6 Å². The summed E-state index contributed by atoms with van der Waals surface area (Å²) >= 11 is 0. The molecular weight excluding hydrogens is 465 g/mol. The molecule has 7 nitrogen and oxygen atoms in total. The molecule has 1 aliphatic carbocycles. The number of rotatable bonds is 6. The molecule has 2 aromatic rings. The number of alkyl halides is 3. The lowest BCUT2D eigenvalue weighted by Gasteiger charge is -2.30. The van der Waals surface area contributed by atoms with Gasteiger partial charge < -0.3 is 20.1 Å². The average Bonchev–Trinajstić information content (AvgIpc) is 3.15. The van der Waals surface area contributed by atoms with Crippen molar-refractivity contribution in [1.29, 1.82) is 0 Å². The van der Waals surface area contributed by atoms with Crippen LogP contribution in [0.5, 0.6) is 0 Å². The van der Waals surface area contributed by atoms with Gasteiger partial charge in [-0.25, -0.2) is 9.59 Å². The zero-order valence-corrected chi connectivity index (χ0v) is 18.5. The van der Waals surface area contributed by atoms with Gasteiger partial charge in [0.1, 0.15) is 6.61 Å². The second-order valence-corrected chi connectivity index (χ2v) is 8.37. The Morgan fingerprint density at radius 1 is 1.06 bits per heavy atom. The van der Waals surface area contributed by atoms with Gasteiger partial charge in [-0.15, -0.1) is 0 Å². The monoisotopic (exact) mass is 488 g/mol. The number of ether oxygens (including phenoxy) is 1. The van der Waals surface area contributed by atoms with Gasteiger partial charge >= 0.3 is 18.2 Å². The van der Waals surface area contributed by atoms with E-state index in [0.717, 1.165) is 27.2 Å². The number of halogens is 3. The molecule has 1 unspecified atom stereocenters. The summed E-state index contributed by atoms with van der Waals surface area (Å²) in [5.41, 5.74) is 4.00. The second-order valence-electron chi connectivity index (χ2n) is 8.37. The van der Waals surface area contributed by atoms with Gasteiger partial charge in [0, 0.05) is 31.1 Å². The number of nitrogens with zero attached hydrogens (tertiary/aromatic N) is 1. The minimum atomic E-state index is -4.90. The predicted octanol–water partition coefficient (Wildman–Crippen LogP) is 3.95. The Hall–Kier alpha value is -3.82. The number of alkyl carbamates (subject to hydrolysis) is 1. The van der Waals surface area contributed by atoms with Gasteiger partial charge in [-0.3, -0.25) is 4.79 Å². The predicted molar refractivity (Wildman–Crippen MR) is 120 cm³/mol. The second kappa shape index (κ2) is 9.81. The van der Waals surface area contributed by atoms with Crippen LogP contribution in [0.4, 0.5) is 18.0 Å². The van der Waals surface area contributed by atoms with Crippen molar-refractivity contribution in [2.75, 3.05) is 26.2 Å². The molecule has 10 heteroatoms. The maximum atomic E-state index is 13.6. The van der Waals surface area contributed by atoms with Crippen LogP contribution in [0.25, 0.3) is 11.1 Å². The molecule has 2 aromatic carbocycles. The summed E-state index contributed by atoms with van der Waals surface area (Å²) in [4.78, 5) is 36.7. The third-order valence-electron chi connectivity index (χ3n) is 6.28. The maximum Gasteiger partial charge on any atom is 0.407 e. The number of nitrogens with one attached hydrogen (secondary N) is 1. The van der Waals surface area contributed by atoms with E-state index in [1.165, 1.54) is 6.08 Å².